The average molecular weight is 292 g/mol. The van der Waals surface area contributed by atoms with Crippen LogP contribution in [0.25, 0.3) is 0 Å². The molecule has 20 heavy (non-hydrogen) atoms. The Morgan fingerprint density at radius 3 is 2.30 bits per heavy atom. The van der Waals surface area contributed by atoms with E-state index in [4.69, 9.17) is 11.6 Å². The van der Waals surface area contributed by atoms with Gasteiger partial charge in [-0.25, -0.2) is 4.39 Å². The smallest absolute Gasteiger partial charge is 0.123 e. The molecule has 0 aliphatic rings. The van der Waals surface area contributed by atoms with Crippen molar-refractivity contribution >= 4 is 11.6 Å². The molecule has 0 saturated carbocycles. The van der Waals surface area contributed by atoms with Crippen molar-refractivity contribution in [2.24, 2.45) is 0 Å². The first-order valence-electron chi connectivity index (χ1n) is 6.92. The van der Waals surface area contributed by atoms with Crippen molar-refractivity contribution in [3.05, 3.63) is 70.5 Å². The van der Waals surface area contributed by atoms with Crippen molar-refractivity contribution in [2.75, 3.05) is 0 Å². The molecule has 0 aromatic heterocycles. The van der Waals surface area contributed by atoms with Gasteiger partial charge in [0, 0.05) is 17.6 Å². The van der Waals surface area contributed by atoms with Crippen molar-refractivity contribution in [1.82, 2.24) is 5.32 Å². The largest absolute Gasteiger partial charge is 0.306 e. The lowest BCUT2D eigenvalue weighted by Gasteiger charge is -2.19. The van der Waals surface area contributed by atoms with Crippen LogP contribution in [0.1, 0.15) is 36.9 Å². The second kappa shape index (κ2) is 7.41. The summed E-state index contributed by atoms with van der Waals surface area (Å²) >= 11 is 5.93. The van der Waals surface area contributed by atoms with Gasteiger partial charge in [-0.2, -0.15) is 0 Å². The van der Waals surface area contributed by atoms with Crippen LogP contribution in [-0.2, 0) is 6.54 Å². The maximum Gasteiger partial charge on any atom is 0.123 e. The molecule has 3 heteroatoms. The summed E-state index contributed by atoms with van der Waals surface area (Å²) in [5.74, 6) is -0.198. The van der Waals surface area contributed by atoms with Gasteiger partial charge in [-0.15, -0.1) is 0 Å². The zero-order valence-electron chi connectivity index (χ0n) is 11.6. The molecular formula is C17H19ClFN. The highest BCUT2D eigenvalue weighted by molar-refractivity contribution is 6.30. The highest BCUT2D eigenvalue weighted by Crippen LogP contribution is 2.21. The molecule has 0 radical (unpaired) electrons. The molecular weight excluding hydrogens is 273 g/mol. The lowest BCUT2D eigenvalue weighted by atomic mass is 10.0. The molecule has 0 heterocycles. The molecule has 0 aliphatic heterocycles. The summed E-state index contributed by atoms with van der Waals surface area (Å²) < 4.78 is 12.9. The zero-order chi connectivity index (χ0) is 14.4. The Kier molecular flexibility index (Phi) is 5.57. The maximum atomic E-state index is 12.9. The van der Waals surface area contributed by atoms with Crippen LogP contribution in [0.5, 0.6) is 0 Å². The number of rotatable bonds is 6. The first-order valence-corrected chi connectivity index (χ1v) is 7.30. The molecule has 1 unspecified atom stereocenters. The third kappa shape index (κ3) is 4.32. The highest BCUT2D eigenvalue weighted by atomic mass is 35.5. The first-order chi connectivity index (χ1) is 9.69. The molecule has 0 saturated heterocycles. The van der Waals surface area contributed by atoms with Gasteiger partial charge in [-0.1, -0.05) is 49.2 Å². The van der Waals surface area contributed by atoms with E-state index >= 15 is 0 Å². The Labute approximate surface area is 124 Å². The lowest BCUT2D eigenvalue weighted by molar-refractivity contribution is 0.493. The summed E-state index contributed by atoms with van der Waals surface area (Å²) in [5.41, 5.74) is 2.32. The van der Waals surface area contributed by atoms with E-state index in [-0.39, 0.29) is 5.82 Å². The highest BCUT2D eigenvalue weighted by Gasteiger charge is 2.09. The van der Waals surface area contributed by atoms with Crippen LogP contribution in [0, 0.1) is 5.82 Å². The van der Waals surface area contributed by atoms with E-state index in [2.05, 4.69) is 24.4 Å². The predicted octanol–water partition coefficient (Wildman–Crippen LogP) is 5.11. The van der Waals surface area contributed by atoms with E-state index in [1.165, 1.54) is 17.7 Å². The number of benzene rings is 2. The summed E-state index contributed by atoms with van der Waals surface area (Å²) in [5, 5.41) is 4.28. The van der Waals surface area contributed by atoms with E-state index in [1.54, 1.807) is 0 Å². The van der Waals surface area contributed by atoms with E-state index in [0.29, 0.717) is 6.04 Å². The summed E-state index contributed by atoms with van der Waals surface area (Å²) in [6.07, 6.45) is 2.16. The van der Waals surface area contributed by atoms with Crippen LogP contribution < -0.4 is 5.32 Å². The summed E-state index contributed by atoms with van der Waals surface area (Å²) in [6, 6.07) is 14.9. The van der Waals surface area contributed by atoms with Gasteiger partial charge in [0.25, 0.3) is 0 Å². The van der Waals surface area contributed by atoms with Crippen LogP contribution in [0.15, 0.2) is 48.5 Å². The van der Waals surface area contributed by atoms with E-state index in [1.807, 2.05) is 24.3 Å². The van der Waals surface area contributed by atoms with Gasteiger partial charge < -0.3 is 5.32 Å². The van der Waals surface area contributed by atoms with Crippen molar-refractivity contribution in [2.45, 2.75) is 32.4 Å². The first kappa shape index (κ1) is 15.0. The van der Waals surface area contributed by atoms with E-state index < -0.39 is 0 Å². The SMILES string of the molecule is CCCC(NCc1ccc(F)cc1)c1ccc(Cl)cc1. The van der Waals surface area contributed by atoms with Crippen LogP contribution in [0.3, 0.4) is 0 Å². The Morgan fingerprint density at radius 2 is 1.70 bits per heavy atom. The maximum absolute atomic E-state index is 12.9. The monoisotopic (exact) mass is 291 g/mol. The fraction of sp³-hybridized carbons (Fsp3) is 0.294. The lowest BCUT2D eigenvalue weighted by Crippen LogP contribution is -2.20. The molecule has 0 bridgehead atoms. The van der Waals surface area contributed by atoms with Crippen LogP contribution in [0.4, 0.5) is 4.39 Å². The van der Waals surface area contributed by atoms with E-state index in [0.717, 1.165) is 30.0 Å². The number of hydrogen-bond acceptors (Lipinski definition) is 1. The number of nitrogens with one attached hydrogen (secondary N) is 1. The number of halogens is 2. The molecule has 2 aromatic rings. The Hall–Kier alpha value is -1.38. The van der Waals surface area contributed by atoms with Gasteiger partial charge in [-0.05, 0) is 41.8 Å². The minimum atomic E-state index is -0.198. The zero-order valence-corrected chi connectivity index (χ0v) is 12.3. The normalized spacial score (nSPS) is 12.3. The summed E-state index contributed by atoms with van der Waals surface area (Å²) in [7, 11) is 0. The molecule has 0 spiro atoms. The molecule has 0 fully saturated rings. The van der Waals surface area contributed by atoms with E-state index in [9.17, 15) is 4.39 Å². The van der Waals surface area contributed by atoms with Crippen molar-refractivity contribution < 1.29 is 4.39 Å². The van der Waals surface area contributed by atoms with Gasteiger partial charge in [-0.3, -0.25) is 0 Å². The van der Waals surface area contributed by atoms with Gasteiger partial charge in [0.2, 0.25) is 0 Å². The van der Waals surface area contributed by atoms with Crippen LogP contribution in [-0.4, -0.2) is 0 Å². The topological polar surface area (TPSA) is 12.0 Å². The predicted molar refractivity (Wildman–Crippen MR) is 82.3 cm³/mol. The second-order valence-corrected chi connectivity index (χ2v) is 5.34. The Morgan fingerprint density at radius 1 is 1.05 bits per heavy atom. The molecule has 2 aromatic carbocycles. The van der Waals surface area contributed by atoms with Gasteiger partial charge in [0.1, 0.15) is 5.82 Å². The minimum Gasteiger partial charge on any atom is -0.306 e. The fourth-order valence-corrected chi connectivity index (χ4v) is 2.34. The van der Waals surface area contributed by atoms with Crippen LogP contribution >= 0.6 is 11.6 Å². The van der Waals surface area contributed by atoms with Gasteiger partial charge in [0.15, 0.2) is 0 Å². The summed E-state index contributed by atoms with van der Waals surface area (Å²) in [4.78, 5) is 0. The Balaban J connectivity index is 2.02. The molecule has 1 atom stereocenters. The second-order valence-electron chi connectivity index (χ2n) is 4.90. The van der Waals surface area contributed by atoms with Crippen molar-refractivity contribution in [3.63, 3.8) is 0 Å². The van der Waals surface area contributed by atoms with Crippen molar-refractivity contribution in [1.29, 1.82) is 0 Å². The number of hydrogen-bond donors (Lipinski definition) is 1. The molecule has 1 N–H and O–H groups in total. The quantitative estimate of drug-likeness (QED) is 0.780. The fourth-order valence-electron chi connectivity index (χ4n) is 2.21. The third-order valence-electron chi connectivity index (χ3n) is 3.32. The molecule has 0 amide bonds. The molecule has 1 nitrogen and oxygen atoms in total. The Bertz CT molecular complexity index is 522. The molecule has 0 aliphatic carbocycles. The standard InChI is InChI=1S/C17H19ClFN/c1-2-3-17(14-6-8-15(18)9-7-14)20-12-13-4-10-16(19)11-5-13/h4-11,17,20H,2-3,12H2,1H3. The third-order valence-corrected chi connectivity index (χ3v) is 3.57. The van der Waals surface area contributed by atoms with Gasteiger partial charge >= 0.3 is 0 Å². The molecule has 2 rings (SSSR count). The average Bonchev–Trinajstić information content (AvgIpc) is 2.46. The summed E-state index contributed by atoms with van der Waals surface area (Å²) in [6.45, 7) is 2.90. The van der Waals surface area contributed by atoms with Crippen molar-refractivity contribution in [3.8, 4) is 0 Å². The van der Waals surface area contributed by atoms with Gasteiger partial charge in [0.05, 0.1) is 0 Å². The molecule has 106 valence electrons. The van der Waals surface area contributed by atoms with Crippen LogP contribution in [0.2, 0.25) is 5.02 Å². The minimum absolute atomic E-state index is 0.198.